The number of carbonyl (C=O) groups excluding carboxylic acids is 1. The molecule has 0 bridgehead atoms. The van der Waals surface area contributed by atoms with Crippen LogP contribution in [0.5, 0.6) is 0 Å². The summed E-state index contributed by atoms with van der Waals surface area (Å²) in [4.78, 5) is 17.1. The van der Waals surface area contributed by atoms with E-state index in [1.165, 1.54) is 0 Å². The van der Waals surface area contributed by atoms with Crippen LogP contribution in [-0.4, -0.2) is 34.7 Å². The molecule has 1 aromatic rings. The maximum atomic E-state index is 13.8. The summed E-state index contributed by atoms with van der Waals surface area (Å²) < 4.78 is 19.1. The van der Waals surface area contributed by atoms with Crippen LogP contribution in [0.2, 0.25) is 5.15 Å². The number of halogens is 2. The van der Waals surface area contributed by atoms with Crippen LogP contribution < -0.4 is 0 Å². The van der Waals surface area contributed by atoms with Gasteiger partial charge in [0, 0.05) is 18.7 Å². The zero-order chi connectivity index (χ0) is 15.6. The molecule has 2 heterocycles. The van der Waals surface area contributed by atoms with E-state index < -0.39 is 11.5 Å². The molecule has 0 fully saturated rings. The van der Waals surface area contributed by atoms with Crippen molar-refractivity contribution in [1.82, 2.24) is 9.88 Å². The molecule has 0 unspecified atom stereocenters. The van der Waals surface area contributed by atoms with Gasteiger partial charge in [-0.1, -0.05) is 17.7 Å². The number of rotatable bonds is 1. The zero-order valence-electron chi connectivity index (χ0n) is 12.3. The Morgan fingerprint density at radius 2 is 2.14 bits per heavy atom. The van der Waals surface area contributed by atoms with Gasteiger partial charge >= 0.3 is 6.09 Å². The summed E-state index contributed by atoms with van der Waals surface area (Å²) >= 11 is 5.64. The highest BCUT2D eigenvalue weighted by Gasteiger charge is 2.24. The third-order valence-electron chi connectivity index (χ3n) is 3.02. The Bertz CT molecular complexity index is 582. The lowest BCUT2D eigenvalue weighted by molar-refractivity contribution is 0.0270. The average molecular weight is 313 g/mol. The van der Waals surface area contributed by atoms with Gasteiger partial charge in [-0.3, -0.25) is 0 Å². The van der Waals surface area contributed by atoms with E-state index >= 15 is 0 Å². The highest BCUT2D eigenvalue weighted by molar-refractivity contribution is 6.29. The van der Waals surface area contributed by atoms with Crippen LogP contribution in [0.4, 0.5) is 9.18 Å². The number of carbonyl (C=O) groups is 1. The summed E-state index contributed by atoms with van der Waals surface area (Å²) in [5.41, 5.74) is 0.743. The number of aromatic nitrogens is 1. The number of amides is 1. The fraction of sp³-hybridized carbons (Fsp3) is 0.467. The number of nitrogens with zero attached hydrogens (tertiary/aromatic N) is 2. The van der Waals surface area contributed by atoms with Crippen molar-refractivity contribution in [2.45, 2.75) is 32.8 Å². The number of hydrogen-bond acceptors (Lipinski definition) is 3. The van der Waals surface area contributed by atoms with Gasteiger partial charge in [-0.2, -0.15) is 4.39 Å². The van der Waals surface area contributed by atoms with Gasteiger partial charge in [0.2, 0.25) is 5.95 Å². The molecule has 4 nitrogen and oxygen atoms in total. The van der Waals surface area contributed by atoms with E-state index in [9.17, 15) is 9.18 Å². The summed E-state index contributed by atoms with van der Waals surface area (Å²) in [7, 11) is 0. The topological polar surface area (TPSA) is 42.4 Å². The van der Waals surface area contributed by atoms with E-state index in [0.29, 0.717) is 25.1 Å². The Labute approximate surface area is 128 Å². The van der Waals surface area contributed by atoms with Crippen molar-refractivity contribution >= 4 is 23.3 Å². The van der Waals surface area contributed by atoms with Gasteiger partial charge in [-0.15, -0.1) is 0 Å². The van der Waals surface area contributed by atoms with E-state index in [4.69, 9.17) is 16.3 Å². The maximum Gasteiger partial charge on any atom is 0.410 e. The van der Waals surface area contributed by atoms with Crippen LogP contribution >= 0.6 is 11.6 Å². The highest BCUT2D eigenvalue weighted by Crippen LogP contribution is 2.25. The van der Waals surface area contributed by atoms with Crippen molar-refractivity contribution in [1.29, 1.82) is 0 Å². The minimum atomic E-state index is -0.584. The molecular formula is C15H18ClFN2O2. The predicted molar refractivity (Wildman–Crippen MR) is 79.6 cm³/mol. The molecule has 1 aliphatic heterocycles. The van der Waals surface area contributed by atoms with E-state index in [1.807, 2.05) is 26.8 Å². The first kappa shape index (κ1) is 15.8. The molecule has 0 aliphatic carbocycles. The van der Waals surface area contributed by atoms with Crippen LogP contribution in [0.15, 0.2) is 18.2 Å². The lowest BCUT2D eigenvalue weighted by atomic mass is 10.0. The Hall–Kier alpha value is -1.62. The SMILES string of the molecule is CC(C)(C)OC(=O)N1CC=C(c2ccc(Cl)nc2F)CC1. The summed E-state index contributed by atoms with van der Waals surface area (Å²) in [6.07, 6.45) is 2.02. The zero-order valence-corrected chi connectivity index (χ0v) is 13.1. The van der Waals surface area contributed by atoms with Crippen molar-refractivity contribution in [2.24, 2.45) is 0 Å². The molecule has 1 aromatic heterocycles. The van der Waals surface area contributed by atoms with Gasteiger partial charge in [0.1, 0.15) is 10.8 Å². The molecule has 21 heavy (non-hydrogen) atoms. The smallest absolute Gasteiger partial charge is 0.410 e. The largest absolute Gasteiger partial charge is 0.444 e. The Morgan fingerprint density at radius 1 is 1.43 bits per heavy atom. The molecule has 0 atom stereocenters. The Kier molecular flexibility index (Phi) is 4.52. The molecule has 2 rings (SSSR count). The first-order valence-electron chi connectivity index (χ1n) is 6.75. The number of hydrogen-bond donors (Lipinski definition) is 0. The van der Waals surface area contributed by atoms with Gasteiger partial charge in [0.05, 0.1) is 0 Å². The van der Waals surface area contributed by atoms with E-state index in [2.05, 4.69) is 4.98 Å². The van der Waals surface area contributed by atoms with Crippen molar-refractivity contribution in [3.63, 3.8) is 0 Å². The first-order valence-corrected chi connectivity index (χ1v) is 7.13. The van der Waals surface area contributed by atoms with Crippen LogP contribution in [0.1, 0.15) is 32.8 Å². The third kappa shape index (κ3) is 4.17. The molecule has 0 spiro atoms. The predicted octanol–water partition coefficient (Wildman–Crippen LogP) is 3.90. The number of pyridine rings is 1. The van der Waals surface area contributed by atoms with Gasteiger partial charge in [-0.05, 0) is 44.9 Å². The van der Waals surface area contributed by atoms with Gasteiger partial charge in [0.15, 0.2) is 0 Å². The molecule has 0 saturated heterocycles. The van der Waals surface area contributed by atoms with E-state index in [-0.39, 0.29) is 11.2 Å². The first-order chi connectivity index (χ1) is 9.76. The Morgan fingerprint density at radius 3 is 2.67 bits per heavy atom. The average Bonchev–Trinajstić information content (AvgIpc) is 2.37. The van der Waals surface area contributed by atoms with Crippen LogP contribution in [0.3, 0.4) is 0 Å². The molecule has 6 heteroatoms. The van der Waals surface area contributed by atoms with E-state index in [0.717, 1.165) is 5.57 Å². The maximum absolute atomic E-state index is 13.8. The minimum Gasteiger partial charge on any atom is -0.444 e. The van der Waals surface area contributed by atoms with Gasteiger partial charge in [-0.25, -0.2) is 9.78 Å². The van der Waals surface area contributed by atoms with Crippen LogP contribution in [0.25, 0.3) is 5.57 Å². The second-order valence-electron chi connectivity index (χ2n) is 5.88. The molecule has 0 aromatic carbocycles. The lowest BCUT2D eigenvalue weighted by Gasteiger charge is -2.29. The molecule has 0 radical (unpaired) electrons. The van der Waals surface area contributed by atoms with Crippen molar-refractivity contribution < 1.29 is 13.9 Å². The summed E-state index contributed by atoms with van der Waals surface area (Å²) in [6.45, 7) is 6.36. The summed E-state index contributed by atoms with van der Waals surface area (Å²) in [6, 6.07) is 3.17. The monoisotopic (exact) mass is 312 g/mol. The summed E-state index contributed by atoms with van der Waals surface area (Å²) in [5, 5.41) is 0.128. The number of ether oxygens (including phenoxy) is 1. The minimum absolute atomic E-state index is 0.128. The third-order valence-corrected chi connectivity index (χ3v) is 3.23. The van der Waals surface area contributed by atoms with Crippen LogP contribution in [0, 0.1) is 5.95 Å². The second kappa shape index (κ2) is 6.02. The lowest BCUT2D eigenvalue weighted by Crippen LogP contribution is -2.39. The molecular weight excluding hydrogens is 295 g/mol. The molecule has 114 valence electrons. The molecule has 0 N–H and O–H groups in total. The molecule has 0 saturated carbocycles. The quantitative estimate of drug-likeness (QED) is 0.739. The second-order valence-corrected chi connectivity index (χ2v) is 6.27. The normalized spacial score (nSPS) is 15.7. The standard InChI is InChI=1S/C15H18ClFN2O2/c1-15(2,3)21-14(20)19-8-6-10(7-9-19)11-4-5-12(16)18-13(11)17/h4-6H,7-9H2,1-3H3. The molecule has 1 amide bonds. The van der Waals surface area contributed by atoms with E-state index in [1.54, 1.807) is 17.0 Å². The van der Waals surface area contributed by atoms with Crippen molar-refractivity contribution in [2.75, 3.05) is 13.1 Å². The highest BCUT2D eigenvalue weighted by atomic mass is 35.5. The Balaban J connectivity index is 2.07. The fourth-order valence-electron chi connectivity index (χ4n) is 2.06. The fourth-order valence-corrected chi connectivity index (χ4v) is 2.19. The molecule has 1 aliphatic rings. The summed E-state index contributed by atoms with van der Waals surface area (Å²) in [5.74, 6) is -0.584. The van der Waals surface area contributed by atoms with Crippen molar-refractivity contribution in [3.8, 4) is 0 Å². The van der Waals surface area contributed by atoms with Gasteiger partial charge < -0.3 is 9.64 Å². The van der Waals surface area contributed by atoms with Gasteiger partial charge in [0.25, 0.3) is 0 Å². The van der Waals surface area contributed by atoms with Crippen LogP contribution in [-0.2, 0) is 4.74 Å². The van der Waals surface area contributed by atoms with Crippen molar-refractivity contribution in [3.05, 3.63) is 34.9 Å².